The van der Waals surface area contributed by atoms with E-state index in [1.54, 1.807) is 7.05 Å². The minimum atomic E-state index is 0. The van der Waals surface area contributed by atoms with E-state index in [4.69, 9.17) is 6.42 Å². The summed E-state index contributed by atoms with van der Waals surface area (Å²) in [6, 6.07) is 0. The molecule has 0 aromatic rings. The summed E-state index contributed by atoms with van der Waals surface area (Å²) in [6.45, 7) is 2.76. The summed E-state index contributed by atoms with van der Waals surface area (Å²) in [5.41, 5.74) is 0. The van der Waals surface area contributed by atoms with Crippen LogP contribution in [0.25, 0.3) is 0 Å². The first-order valence-corrected chi connectivity index (χ1v) is 4.27. The quantitative estimate of drug-likeness (QED) is 0.337. The molecule has 0 atom stereocenters. The van der Waals surface area contributed by atoms with E-state index in [0.29, 0.717) is 6.54 Å². The van der Waals surface area contributed by atoms with Crippen molar-refractivity contribution in [2.75, 3.05) is 26.7 Å². The topological polar surface area (TPSA) is 27.6 Å². The van der Waals surface area contributed by atoms with Crippen molar-refractivity contribution in [2.45, 2.75) is 12.8 Å². The van der Waals surface area contributed by atoms with Crippen molar-refractivity contribution in [2.24, 2.45) is 4.99 Å². The van der Waals surface area contributed by atoms with Gasteiger partial charge in [0.25, 0.3) is 0 Å². The molecule has 1 heterocycles. The molecule has 1 N–H and O–H groups in total. The van der Waals surface area contributed by atoms with Gasteiger partial charge in [-0.15, -0.1) is 30.4 Å². The fourth-order valence-electron chi connectivity index (χ4n) is 1.39. The molecule has 13 heavy (non-hydrogen) atoms. The van der Waals surface area contributed by atoms with Crippen LogP contribution in [-0.2, 0) is 0 Å². The molecular formula is C9H16IN3. The largest absolute Gasteiger partial charge is 0.345 e. The third-order valence-electron chi connectivity index (χ3n) is 1.97. The molecule has 1 aliphatic heterocycles. The van der Waals surface area contributed by atoms with Crippen molar-refractivity contribution < 1.29 is 0 Å². The highest BCUT2D eigenvalue weighted by molar-refractivity contribution is 14.0. The van der Waals surface area contributed by atoms with Gasteiger partial charge in [0.1, 0.15) is 0 Å². The number of nitrogens with zero attached hydrogens (tertiary/aromatic N) is 2. The summed E-state index contributed by atoms with van der Waals surface area (Å²) in [6.07, 6.45) is 7.67. The van der Waals surface area contributed by atoms with Crippen molar-refractivity contribution >= 4 is 29.9 Å². The highest BCUT2D eigenvalue weighted by Gasteiger charge is 2.14. The lowest BCUT2D eigenvalue weighted by Gasteiger charge is -2.19. The maximum absolute atomic E-state index is 5.14. The fourth-order valence-corrected chi connectivity index (χ4v) is 1.39. The summed E-state index contributed by atoms with van der Waals surface area (Å²) in [5.74, 6) is 3.47. The first-order valence-electron chi connectivity index (χ1n) is 4.27. The Hall–Kier alpha value is -0.440. The van der Waals surface area contributed by atoms with Crippen LogP contribution < -0.4 is 5.32 Å². The molecule has 0 aliphatic carbocycles. The normalized spacial score (nSPS) is 16.3. The molecular weight excluding hydrogens is 277 g/mol. The van der Waals surface area contributed by atoms with Gasteiger partial charge in [-0.3, -0.25) is 4.99 Å². The number of rotatable bonds is 1. The van der Waals surface area contributed by atoms with Gasteiger partial charge in [0, 0.05) is 20.1 Å². The molecule has 0 saturated carbocycles. The number of hydrogen-bond acceptors (Lipinski definition) is 1. The Morgan fingerprint density at radius 1 is 1.54 bits per heavy atom. The van der Waals surface area contributed by atoms with E-state index in [-0.39, 0.29) is 24.0 Å². The zero-order valence-electron chi connectivity index (χ0n) is 7.92. The molecule has 74 valence electrons. The van der Waals surface area contributed by atoms with E-state index in [2.05, 4.69) is 21.1 Å². The van der Waals surface area contributed by atoms with Crippen LogP contribution in [0.5, 0.6) is 0 Å². The zero-order valence-corrected chi connectivity index (χ0v) is 10.2. The average molecular weight is 293 g/mol. The Morgan fingerprint density at radius 3 is 2.62 bits per heavy atom. The van der Waals surface area contributed by atoms with Crippen molar-refractivity contribution in [1.29, 1.82) is 0 Å². The van der Waals surface area contributed by atoms with E-state index in [9.17, 15) is 0 Å². The molecule has 0 spiro atoms. The first-order chi connectivity index (χ1) is 5.88. The molecule has 0 bridgehead atoms. The Labute approximate surface area is 97.0 Å². The summed E-state index contributed by atoms with van der Waals surface area (Å²) in [7, 11) is 1.79. The molecule has 0 aromatic carbocycles. The molecule has 1 saturated heterocycles. The summed E-state index contributed by atoms with van der Waals surface area (Å²) in [4.78, 5) is 6.38. The minimum absolute atomic E-state index is 0. The van der Waals surface area contributed by atoms with Gasteiger partial charge < -0.3 is 10.2 Å². The lowest BCUT2D eigenvalue weighted by molar-refractivity contribution is 0.498. The summed E-state index contributed by atoms with van der Waals surface area (Å²) >= 11 is 0. The van der Waals surface area contributed by atoms with Crippen LogP contribution in [-0.4, -0.2) is 37.5 Å². The standard InChI is InChI=1S/C9H15N3.HI/c1-3-6-11-9(10-2)12-7-4-5-8-12;/h1H,4-8H2,2H3,(H,10,11);1H. The number of hydrogen-bond donors (Lipinski definition) is 1. The van der Waals surface area contributed by atoms with Crippen molar-refractivity contribution in [1.82, 2.24) is 10.2 Å². The predicted molar refractivity (Wildman–Crippen MR) is 66.4 cm³/mol. The van der Waals surface area contributed by atoms with E-state index < -0.39 is 0 Å². The number of nitrogens with one attached hydrogen (secondary N) is 1. The smallest absolute Gasteiger partial charge is 0.194 e. The predicted octanol–water partition coefficient (Wildman–Crippen LogP) is 0.909. The Balaban J connectivity index is 0.00000144. The van der Waals surface area contributed by atoms with Crippen LogP contribution >= 0.6 is 24.0 Å². The molecule has 4 heteroatoms. The molecule has 0 unspecified atom stereocenters. The van der Waals surface area contributed by atoms with Crippen LogP contribution in [0.15, 0.2) is 4.99 Å². The highest BCUT2D eigenvalue weighted by atomic mass is 127. The molecule has 0 radical (unpaired) electrons. The lowest BCUT2D eigenvalue weighted by Crippen LogP contribution is -2.39. The van der Waals surface area contributed by atoms with Gasteiger partial charge in [-0.05, 0) is 12.8 Å². The molecule has 1 aliphatic rings. The van der Waals surface area contributed by atoms with E-state index in [0.717, 1.165) is 19.0 Å². The Kier molecular flexibility index (Phi) is 6.77. The fraction of sp³-hybridized carbons (Fsp3) is 0.667. The van der Waals surface area contributed by atoms with Crippen molar-refractivity contribution in [3.05, 3.63) is 0 Å². The first kappa shape index (κ1) is 12.6. The third-order valence-corrected chi connectivity index (χ3v) is 1.97. The molecule has 1 rings (SSSR count). The third kappa shape index (κ3) is 3.85. The van der Waals surface area contributed by atoms with Gasteiger partial charge in [-0.2, -0.15) is 0 Å². The summed E-state index contributed by atoms with van der Waals surface area (Å²) < 4.78 is 0. The van der Waals surface area contributed by atoms with Crippen molar-refractivity contribution in [3.63, 3.8) is 0 Å². The second-order valence-corrected chi connectivity index (χ2v) is 2.80. The SMILES string of the molecule is C#CCNC(=NC)N1CCCC1.I. The second kappa shape index (κ2) is 7.01. The number of terminal acetylenes is 1. The molecule has 3 nitrogen and oxygen atoms in total. The maximum atomic E-state index is 5.14. The van der Waals surface area contributed by atoms with Crippen LogP contribution in [0, 0.1) is 12.3 Å². The average Bonchev–Trinajstić information content (AvgIpc) is 2.59. The second-order valence-electron chi connectivity index (χ2n) is 2.80. The lowest BCUT2D eigenvalue weighted by atomic mass is 10.4. The Morgan fingerprint density at radius 2 is 2.15 bits per heavy atom. The molecule has 0 amide bonds. The number of likely N-dealkylation sites (tertiary alicyclic amines) is 1. The van der Waals surface area contributed by atoms with E-state index in [1.807, 2.05) is 0 Å². The van der Waals surface area contributed by atoms with Gasteiger partial charge in [-0.1, -0.05) is 5.92 Å². The van der Waals surface area contributed by atoms with Gasteiger partial charge in [0.05, 0.1) is 6.54 Å². The Bertz CT molecular complexity index is 201. The van der Waals surface area contributed by atoms with Crippen molar-refractivity contribution in [3.8, 4) is 12.3 Å². The van der Waals surface area contributed by atoms with E-state index in [1.165, 1.54) is 12.8 Å². The monoisotopic (exact) mass is 293 g/mol. The van der Waals surface area contributed by atoms with Crippen LogP contribution in [0.4, 0.5) is 0 Å². The minimum Gasteiger partial charge on any atom is -0.345 e. The van der Waals surface area contributed by atoms with Crippen LogP contribution in [0.1, 0.15) is 12.8 Å². The maximum Gasteiger partial charge on any atom is 0.194 e. The summed E-state index contributed by atoms with van der Waals surface area (Å²) in [5, 5.41) is 3.10. The molecule has 0 aromatic heterocycles. The van der Waals surface area contributed by atoms with E-state index >= 15 is 0 Å². The molecule has 1 fully saturated rings. The number of aliphatic imine (C=N–C) groups is 1. The number of guanidine groups is 1. The zero-order chi connectivity index (χ0) is 8.81. The van der Waals surface area contributed by atoms with Gasteiger partial charge in [-0.25, -0.2) is 0 Å². The number of halogens is 1. The highest BCUT2D eigenvalue weighted by Crippen LogP contribution is 2.06. The van der Waals surface area contributed by atoms with Gasteiger partial charge in [0.2, 0.25) is 0 Å². The van der Waals surface area contributed by atoms with Crippen LogP contribution in [0.3, 0.4) is 0 Å². The van der Waals surface area contributed by atoms with Gasteiger partial charge in [0.15, 0.2) is 5.96 Å². The van der Waals surface area contributed by atoms with Crippen LogP contribution in [0.2, 0.25) is 0 Å². The van der Waals surface area contributed by atoms with Gasteiger partial charge >= 0.3 is 0 Å².